The molecule has 2 nitrogen and oxygen atoms in total. The van der Waals surface area contributed by atoms with E-state index in [9.17, 15) is 0 Å². The van der Waals surface area contributed by atoms with Crippen LogP contribution in [0.25, 0.3) is 98.4 Å². The molecular formula is C44H28N2. The zero-order valence-corrected chi connectivity index (χ0v) is 24.0. The molecule has 0 fully saturated rings. The zero-order chi connectivity index (χ0) is 42.2. The van der Waals surface area contributed by atoms with Crippen molar-refractivity contribution in [3.8, 4) is 22.3 Å². The number of para-hydroxylation sites is 2. The van der Waals surface area contributed by atoms with E-state index in [1.54, 1.807) is 24.3 Å². The molecule has 214 valence electrons. The van der Waals surface area contributed by atoms with E-state index in [2.05, 4.69) is 20.9 Å². The van der Waals surface area contributed by atoms with E-state index in [1.165, 1.54) is 0 Å². The number of hydrogen-bond acceptors (Lipinski definition) is 0. The van der Waals surface area contributed by atoms with Crippen LogP contribution in [0.15, 0.2) is 133 Å². The van der Waals surface area contributed by atoms with Gasteiger partial charge in [0.05, 0.1) is 44.1 Å². The van der Waals surface area contributed by atoms with Gasteiger partial charge in [0.25, 0.3) is 0 Å². The molecule has 2 heteroatoms. The minimum Gasteiger partial charge on any atom is -0.308 e. The lowest BCUT2D eigenvalue weighted by Crippen LogP contribution is -1.85. The van der Waals surface area contributed by atoms with Gasteiger partial charge in [-0.2, -0.15) is 0 Å². The molecule has 4 heterocycles. The maximum Gasteiger partial charge on any atom is 0.0629 e. The Morgan fingerprint density at radius 3 is 1.28 bits per heavy atom. The van der Waals surface area contributed by atoms with Crippen molar-refractivity contribution < 1.29 is 19.2 Å². The first-order valence-corrected chi connectivity index (χ1v) is 15.0. The minimum absolute atomic E-state index is 0.0290. The quantitative estimate of drug-likeness (QED) is 0.187. The van der Waals surface area contributed by atoms with Gasteiger partial charge in [-0.3, -0.25) is 0 Å². The summed E-state index contributed by atoms with van der Waals surface area (Å²) in [6.07, 6.45) is 0. The normalized spacial score (nSPS) is 17.5. The third kappa shape index (κ3) is 2.92. The van der Waals surface area contributed by atoms with Gasteiger partial charge in [0, 0.05) is 51.3 Å². The number of rotatable bonds is 2. The average Bonchev–Trinajstić information content (AvgIpc) is 3.92. The minimum atomic E-state index is -2.83. The van der Waals surface area contributed by atoms with Crippen LogP contribution in [-0.2, 0) is 0 Å². The fourth-order valence-corrected chi connectivity index (χ4v) is 7.86. The van der Waals surface area contributed by atoms with Crippen LogP contribution in [0.2, 0.25) is 0 Å². The van der Waals surface area contributed by atoms with Gasteiger partial charge in [-0.1, -0.05) is 120 Å². The third-order valence-corrected chi connectivity index (χ3v) is 9.59. The molecule has 0 amide bonds. The summed E-state index contributed by atoms with van der Waals surface area (Å²) < 4.78 is 122. The molecule has 0 atom stereocenters. The molecule has 0 bridgehead atoms. The van der Waals surface area contributed by atoms with Crippen LogP contribution in [0.5, 0.6) is 0 Å². The predicted molar refractivity (Wildman–Crippen MR) is 196 cm³/mol. The highest BCUT2D eigenvalue weighted by Crippen LogP contribution is 2.47. The van der Waals surface area contributed by atoms with Crippen molar-refractivity contribution in [1.29, 1.82) is 0 Å². The van der Waals surface area contributed by atoms with Crippen molar-refractivity contribution in [3.63, 3.8) is 0 Å². The van der Waals surface area contributed by atoms with Crippen molar-refractivity contribution in [2.75, 3.05) is 0 Å². The Morgan fingerprint density at radius 2 is 0.848 bits per heavy atom. The predicted octanol–water partition coefficient (Wildman–Crippen LogP) is 11.9. The Morgan fingerprint density at radius 1 is 0.435 bits per heavy atom. The van der Waals surface area contributed by atoms with E-state index < -0.39 is 73.2 Å². The molecule has 0 spiro atoms. The molecule has 46 heavy (non-hydrogen) atoms. The van der Waals surface area contributed by atoms with Gasteiger partial charge in [-0.25, -0.2) is 0 Å². The van der Waals surface area contributed by atoms with E-state index in [4.69, 9.17) is 19.2 Å². The Bertz CT molecular complexity index is 3420. The summed E-state index contributed by atoms with van der Waals surface area (Å²) >= 11 is 0. The molecular weight excluding hydrogens is 556 g/mol. The first-order chi connectivity index (χ1) is 28.4. The maximum atomic E-state index is 8.93. The number of benzene rings is 7. The summed E-state index contributed by atoms with van der Waals surface area (Å²) in [6.45, 7) is -5.66. The molecule has 0 radical (unpaired) electrons. The second-order valence-electron chi connectivity index (χ2n) is 11.9. The summed E-state index contributed by atoms with van der Waals surface area (Å²) in [5.41, 5.74) is 4.92. The van der Waals surface area contributed by atoms with Crippen LogP contribution in [0.3, 0.4) is 0 Å². The van der Waals surface area contributed by atoms with Crippen molar-refractivity contribution in [2.45, 2.75) is 13.7 Å². The van der Waals surface area contributed by atoms with Gasteiger partial charge in [0.2, 0.25) is 0 Å². The molecule has 11 aromatic rings. The second-order valence-corrected chi connectivity index (χ2v) is 11.9. The average molecular weight is 599 g/mol. The molecule has 0 aliphatic rings. The first-order valence-electron chi connectivity index (χ1n) is 22.0. The second kappa shape index (κ2) is 8.44. The molecule has 0 saturated carbocycles. The van der Waals surface area contributed by atoms with E-state index >= 15 is 0 Å². The summed E-state index contributed by atoms with van der Waals surface area (Å²) in [4.78, 5) is 0. The summed E-state index contributed by atoms with van der Waals surface area (Å²) in [6, 6.07) is 23.1. The smallest absolute Gasteiger partial charge is 0.0629 e. The van der Waals surface area contributed by atoms with E-state index in [-0.39, 0.29) is 11.1 Å². The van der Waals surface area contributed by atoms with Gasteiger partial charge in [-0.05, 0) is 60.2 Å². The van der Waals surface area contributed by atoms with E-state index in [0.717, 1.165) is 76.2 Å². The molecule has 0 saturated heterocycles. The van der Waals surface area contributed by atoms with Gasteiger partial charge in [0.15, 0.2) is 0 Å². The molecule has 0 aliphatic heterocycles. The molecule has 0 unspecified atom stereocenters. The Labute approximate surface area is 284 Å². The maximum absolute atomic E-state index is 8.93. The fourth-order valence-electron chi connectivity index (χ4n) is 7.86. The van der Waals surface area contributed by atoms with E-state index in [0.29, 0.717) is 11.1 Å². The number of aromatic nitrogens is 2. The highest BCUT2D eigenvalue weighted by Gasteiger charge is 2.24. The van der Waals surface area contributed by atoms with Crippen LogP contribution in [0.4, 0.5) is 0 Å². The Kier molecular flexibility index (Phi) is 2.74. The molecule has 0 N–H and O–H groups in total. The number of hydrogen-bond donors (Lipinski definition) is 0. The van der Waals surface area contributed by atoms with Crippen LogP contribution in [-0.4, -0.2) is 8.80 Å². The molecule has 7 aromatic carbocycles. The largest absolute Gasteiger partial charge is 0.308 e. The third-order valence-electron chi connectivity index (χ3n) is 9.59. The summed E-state index contributed by atoms with van der Waals surface area (Å²) in [7, 11) is 0. The SMILES string of the molecule is [2H]c1c([2H])c(C([2H])([2H])[2H])c([2H])c([2H])c1-c1cccc2c1c1cccc3c4cc5c(cc4n2c31)c1cccc2c3c(-c4c([2H])c([2H])c(C([2H])([2H])[2H])c([2H])c4[2H])cccc3n5c12. The first kappa shape index (κ1) is 14.9. The molecule has 0 aliphatic carbocycles. The standard InChI is InChI=1S/C44H28N2/c1-25-15-19-27(20-16-25)29-7-5-13-37-41(29)33-11-3-9-31-35-24-40-36(23-39(35)45(37)43(31)33)32-10-4-12-34-42-30(28-21-17-26(2)18-22-28)8-6-14-38(42)46(40)44(32)34/h3-24H,1-2H3/i1D3,2D3,15D,16D,17D,18D,19D,20D,21D,22D. The lowest BCUT2D eigenvalue weighted by Gasteiger charge is -2.07. The number of fused-ring (bicyclic) bond motifs is 12. The Hall–Kier alpha value is -5.86. The van der Waals surface area contributed by atoms with Crippen molar-refractivity contribution in [2.24, 2.45) is 0 Å². The lowest BCUT2D eigenvalue weighted by atomic mass is 9.97. The zero-order valence-electron chi connectivity index (χ0n) is 38.0. The van der Waals surface area contributed by atoms with Crippen LogP contribution in [0, 0.1) is 13.7 Å². The van der Waals surface area contributed by atoms with Gasteiger partial charge >= 0.3 is 0 Å². The van der Waals surface area contributed by atoms with Crippen molar-refractivity contribution >= 4 is 76.2 Å². The van der Waals surface area contributed by atoms with Gasteiger partial charge in [-0.15, -0.1) is 0 Å². The van der Waals surface area contributed by atoms with Crippen LogP contribution < -0.4 is 0 Å². The van der Waals surface area contributed by atoms with Gasteiger partial charge < -0.3 is 8.80 Å². The van der Waals surface area contributed by atoms with Gasteiger partial charge in [0.1, 0.15) is 0 Å². The molecule has 4 aromatic heterocycles. The van der Waals surface area contributed by atoms with E-state index in [1.807, 2.05) is 48.5 Å². The summed E-state index contributed by atoms with van der Waals surface area (Å²) in [5, 5.41) is 6.87. The lowest BCUT2D eigenvalue weighted by molar-refractivity contribution is 1.36. The highest BCUT2D eigenvalue weighted by atomic mass is 14.9. The summed E-state index contributed by atoms with van der Waals surface area (Å²) in [5.74, 6) is 0. The molecule has 11 rings (SSSR count). The topological polar surface area (TPSA) is 8.82 Å². The Balaban J connectivity index is 1.22. The monoisotopic (exact) mass is 598 g/mol. The fraction of sp³-hybridized carbons (Fsp3) is 0.0455. The van der Waals surface area contributed by atoms with Crippen LogP contribution in [0.1, 0.15) is 30.3 Å². The van der Waals surface area contributed by atoms with Crippen molar-refractivity contribution in [1.82, 2.24) is 8.80 Å². The number of nitrogens with zero attached hydrogens (tertiary/aromatic N) is 2. The van der Waals surface area contributed by atoms with Crippen molar-refractivity contribution in [3.05, 3.63) is 144 Å². The highest BCUT2D eigenvalue weighted by molar-refractivity contribution is 6.30. The van der Waals surface area contributed by atoms with Crippen LogP contribution >= 0.6 is 0 Å².